The number of nitro groups is 1. The van der Waals surface area contributed by atoms with E-state index in [1.54, 1.807) is 24.3 Å². The first-order chi connectivity index (χ1) is 16.7. The van der Waals surface area contributed by atoms with Gasteiger partial charge in [0.25, 0.3) is 0 Å². The summed E-state index contributed by atoms with van der Waals surface area (Å²) >= 11 is 12.5. The smallest absolute Gasteiger partial charge is 0.353 e. The molecule has 0 bridgehead atoms. The van der Waals surface area contributed by atoms with Crippen molar-refractivity contribution in [3.8, 4) is 22.6 Å². The van der Waals surface area contributed by atoms with Crippen molar-refractivity contribution in [1.82, 2.24) is 4.57 Å². The van der Waals surface area contributed by atoms with Gasteiger partial charge in [-0.1, -0.05) is 41.4 Å². The summed E-state index contributed by atoms with van der Waals surface area (Å²) in [5.74, 6) is -1.36. The van der Waals surface area contributed by atoms with Crippen LogP contribution in [0.15, 0.2) is 53.3 Å². The number of fused-ring (bicyclic) bond motifs is 1. The van der Waals surface area contributed by atoms with E-state index in [1.165, 1.54) is 32.4 Å². The third kappa shape index (κ3) is 4.17. The molecule has 0 radical (unpaired) electrons. The molecular weight excluding hydrogens is 505 g/mol. The minimum atomic E-state index is -1.13. The Morgan fingerprint density at radius 1 is 1.03 bits per heavy atom. The molecule has 0 saturated heterocycles. The van der Waals surface area contributed by atoms with Gasteiger partial charge >= 0.3 is 11.2 Å². The van der Waals surface area contributed by atoms with Crippen molar-refractivity contribution in [2.24, 2.45) is 0 Å². The first-order valence-electron chi connectivity index (χ1n) is 10.0. The number of nitrogens with zero attached hydrogens (tertiary/aromatic N) is 2. The van der Waals surface area contributed by atoms with Crippen LogP contribution < -0.4 is 15.0 Å². The number of hydrogen-bond donors (Lipinski definition) is 0. The predicted molar refractivity (Wildman–Crippen MR) is 129 cm³/mol. The summed E-state index contributed by atoms with van der Waals surface area (Å²) in [5.41, 5.74) is -2.55. The molecule has 3 aromatic carbocycles. The van der Waals surface area contributed by atoms with Crippen molar-refractivity contribution in [3.05, 3.63) is 96.2 Å². The Labute approximate surface area is 207 Å². The Kier molecular flexibility index (Phi) is 6.64. The van der Waals surface area contributed by atoms with Crippen molar-refractivity contribution < 1.29 is 23.2 Å². The standard InChI is InChI=1S/C24H16Cl2F2N2O5/c1-34-13-8-6-12(7-9-13)11-29-22-14(20(26)23(24(29)31)30(32)33)10-15(25)18(21(22)28)19-16(27)4-3-5-17(19)35-2/h3-10H,11H2,1-2H3. The third-order valence-electron chi connectivity index (χ3n) is 5.48. The van der Waals surface area contributed by atoms with Gasteiger partial charge in [-0.2, -0.15) is 0 Å². The Balaban J connectivity index is 2.12. The number of halogens is 4. The molecule has 0 aliphatic rings. The first kappa shape index (κ1) is 24.4. The fourth-order valence-corrected chi connectivity index (χ4v) is 4.44. The molecule has 4 aromatic rings. The molecule has 4 rings (SSSR count). The molecule has 0 spiro atoms. The van der Waals surface area contributed by atoms with E-state index >= 15 is 4.39 Å². The molecule has 0 atom stereocenters. The minimum Gasteiger partial charge on any atom is -0.497 e. The van der Waals surface area contributed by atoms with Gasteiger partial charge in [-0.25, -0.2) is 8.78 Å². The molecule has 0 unspecified atom stereocenters. The molecule has 0 aliphatic heterocycles. The summed E-state index contributed by atoms with van der Waals surface area (Å²) < 4.78 is 42.2. The fourth-order valence-electron chi connectivity index (χ4n) is 3.86. The van der Waals surface area contributed by atoms with E-state index in [4.69, 9.17) is 32.7 Å². The third-order valence-corrected chi connectivity index (χ3v) is 6.16. The zero-order valence-corrected chi connectivity index (χ0v) is 19.8. The van der Waals surface area contributed by atoms with E-state index in [0.29, 0.717) is 11.3 Å². The molecule has 180 valence electrons. The van der Waals surface area contributed by atoms with Crippen LogP contribution in [0.1, 0.15) is 5.56 Å². The number of ether oxygens (including phenoxy) is 2. The topological polar surface area (TPSA) is 83.6 Å². The van der Waals surface area contributed by atoms with E-state index in [0.717, 1.165) is 10.6 Å². The summed E-state index contributed by atoms with van der Waals surface area (Å²) in [6.07, 6.45) is 0. The van der Waals surface area contributed by atoms with Gasteiger partial charge in [0.1, 0.15) is 22.3 Å². The highest BCUT2D eigenvalue weighted by atomic mass is 35.5. The average Bonchev–Trinajstić information content (AvgIpc) is 2.83. The van der Waals surface area contributed by atoms with Crippen molar-refractivity contribution in [2.45, 2.75) is 6.54 Å². The van der Waals surface area contributed by atoms with Gasteiger partial charge in [0.05, 0.1) is 41.8 Å². The Bertz CT molecular complexity index is 1540. The second-order valence-corrected chi connectivity index (χ2v) is 8.20. The van der Waals surface area contributed by atoms with E-state index in [1.807, 2.05) is 0 Å². The van der Waals surface area contributed by atoms with Crippen molar-refractivity contribution in [1.29, 1.82) is 0 Å². The molecule has 7 nitrogen and oxygen atoms in total. The van der Waals surface area contributed by atoms with Crippen LogP contribution in [-0.4, -0.2) is 23.7 Å². The van der Waals surface area contributed by atoms with Crippen molar-refractivity contribution in [2.75, 3.05) is 14.2 Å². The zero-order chi connectivity index (χ0) is 25.4. The second kappa shape index (κ2) is 9.52. The second-order valence-electron chi connectivity index (χ2n) is 7.42. The Morgan fingerprint density at radius 3 is 2.31 bits per heavy atom. The Morgan fingerprint density at radius 2 is 1.71 bits per heavy atom. The van der Waals surface area contributed by atoms with E-state index in [2.05, 4.69) is 0 Å². The maximum atomic E-state index is 16.2. The van der Waals surface area contributed by atoms with Gasteiger partial charge < -0.3 is 9.47 Å². The summed E-state index contributed by atoms with van der Waals surface area (Å²) in [4.78, 5) is 23.9. The first-order valence-corrected chi connectivity index (χ1v) is 10.8. The predicted octanol–water partition coefficient (Wildman–Crippen LogP) is 6.23. The summed E-state index contributed by atoms with van der Waals surface area (Å²) in [6.45, 7) is -0.246. The van der Waals surface area contributed by atoms with Crippen LogP contribution in [0.2, 0.25) is 10.0 Å². The lowest BCUT2D eigenvalue weighted by Gasteiger charge is -2.18. The highest BCUT2D eigenvalue weighted by Gasteiger charge is 2.30. The van der Waals surface area contributed by atoms with Gasteiger partial charge in [-0.3, -0.25) is 19.5 Å². The quantitative estimate of drug-likeness (QED) is 0.222. The van der Waals surface area contributed by atoms with Crippen LogP contribution in [0.4, 0.5) is 14.5 Å². The van der Waals surface area contributed by atoms with Gasteiger partial charge in [0.2, 0.25) is 0 Å². The van der Waals surface area contributed by atoms with Crippen LogP contribution in [0, 0.1) is 21.7 Å². The lowest BCUT2D eigenvalue weighted by atomic mass is 10.00. The monoisotopic (exact) mass is 520 g/mol. The molecule has 0 saturated carbocycles. The molecule has 0 amide bonds. The average molecular weight is 521 g/mol. The molecule has 35 heavy (non-hydrogen) atoms. The molecule has 0 N–H and O–H groups in total. The zero-order valence-electron chi connectivity index (χ0n) is 18.3. The summed E-state index contributed by atoms with van der Waals surface area (Å²) in [6, 6.07) is 11.5. The number of rotatable bonds is 6. The van der Waals surface area contributed by atoms with Crippen LogP contribution >= 0.6 is 23.2 Å². The molecule has 0 aliphatic carbocycles. The fraction of sp³-hybridized carbons (Fsp3) is 0.125. The molecule has 1 heterocycles. The number of pyridine rings is 1. The number of hydrogen-bond acceptors (Lipinski definition) is 5. The van der Waals surface area contributed by atoms with Gasteiger partial charge in [-0.05, 0) is 35.9 Å². The summed E-state index contributed by atoms with van der Waals surface area (Å²) in [5, 5.41) is 10.6. The summed E-state index contributed by atoms with van der Waals surface area (Å²) in [7, 11) is 2.76. The van der Waals surface area contributed by atoms with Crippen LogP contribution in [0.5, 0.6) is 11.5 Å². The normalized spacial score (nSPS) is 11.0. The molecule has 1 aromatic heterocycles. The van der Waals surface area contributed by atoms with Crippen LogP contribution in [0.3, 0.4) is 0 Å². The van der Waals surface area contributed by atoms with Crippen LogP contribution in [-0.2, 0) is 6.54 Å². The van der Waals surface area contributed by atoms with Crippen molar-refractivity contribution >= 4 is 39.8 Å². The van der Waals surface area contributed by atoms with E-state index in [-0.39, 0.29) is 39.3 Å². The number of aromatic nitrogens is 1. The van der Waals surface area contributed by atoms with Gasteiger partial charge in [0, 0.05) is 10.9 Å². The lowest BCUT2D eigenvalue weighted by molar-refractivity contribution is -0.386. The molecular formula is C24H16Cl2F2N2O5. The molecule has 11 heteroatoms. The number of benzene rings is 3. The Hall–Kier alpha value is -3.69. The maximum absolute atomic E-state index is 16.2. The SMILES string of the molecule is COc1ccc(Cn2c(=O)c([N+](=O)[O-])c(Cl)c3cc(Cl)c(-c4c(F)cccc4OC)c(F)c32)cc1. The van der Waals surface area contributed by atoms with Gasteiger partial charge in [0.15, 0.2) is 5.82 Å². The van der Waals surface area contributed by atoms with Gasteiger partial charge in [-0.15, -0.1) is 0 Å². The van der Waals surface area contributed by atoms with Crippen LogP contribution in [0.25, 0.3) is 22.0 Å². The highest BCUT2D eigenvalue weighted by Crippen LogP contribution is 2.43. The van der Waals surface area contributed by atoms with E-state index in [9.17, 15) is 19.3 Å². The number of methoxy groups -OCH3 is 2. The van der Waals surface area contributed by atoms with E-state index < -0.39 is 32.8 Å². The largest absolute Gasteiger partial charge is 0.497 e. The lowest BCUT2D eigenvalue weighted by Crippen LogP contribution is -2.25. The maximum Gasteiger partial charge on any atom is 0.353 e. The highest BCUT2D eigenvalue weighted by molar-refractivity contribution is 6.39. The van der Waals surface area contributed by atoms with Crippen molar-refractivity contribution in [3.63, 3.8) is 0 Å². The minimum absolute atomic E-state index is 0.00205. The molecule has 0 fully saturated rings.